The van der Waals surface area contributed by atoms with Crippen LogP contribution in [0, 0.1) is 0 Å². The molecule has 0 aromatic carbocycles. The fourth-order valence-electron chi connectivity index (χ4n) is 1.04. The number of ketones is 1. The Kier molecular flexibility index (Phi) is 3.34. The number of carbonyl (C=O) groups is 1. The van der Waals surface area contributed by atoms with E-state index in [1.807, 2.05) is 6.92 Å². The summed E-state index contributed by atoms with van der Waals surface area (Å²) in [5.41, 5.74) is 2.00. The van der Waals surface area contributed by atoms with E-state index in [0.717, 1.165) is 11.3 Å². The Labute approximate surface area is 82.6 Å². The molecule has 0 N–H and O–H groups in total. The lowest BCUT2D eigenvalue weighted by molar-refractivity contribution is 0.101. The van der Waals surface area contributed by atoms with E-state index in [1.54, 1.807) is 18.3 Å². The summed E-state index contributed by atoms with van der Waals surface area (Å²) in [5, 5.41) is 3.77. The molecule has 0 aliphatic rings. The number of nitrogens with zero attached hydrogens (tertiary/aromatic N) is 2. The highest BCUT2D eigenvalue weighted by Crippen LogP contribution is 2.04. The van der Waals surface area contributed by atoms with Gasteiger partial charge in [0.15, 0.2) is 5.78 Å². The Hall–Kier alpha value is -1.71. The highest BCUT2D eigenvalue weighted by molar-refractivity contribution is 6.00. The SMILES string of the molecule is CO/N=C(\C)c1ccnc(C(C)=O)c1. The van der Waals surface area contributed by atoms with E-state index in [0.29, 0.717) is 5.69 Å². The summed E-state index contributed by atoms with van der Waals surface area (Å²) in [6.07, 6.45) is 1.58. The first-order valence-corrected chi connectivity index (χ1v) is 4.20. The Bertz CT molecular complexity index is 372. The van der Waals surface area contributed by atoms with E-state index in [2.05, 4.69) is 15.0 Å². The topological polar surface area (TPSA) is 51.6 Å². The van der Waals surface area contributed by atoms with Crippen LogP contribution < -0.4 is 0 Å². The summed E-state index contributed by atoms with van der Waals surface area (Å²) < 4.78 is 0. The number of aromatic nitrogens is 1. The average molecular weight is 192 g/mol. The van der Waals surface area contributed by atoms with Crippen molar-refractivity contribution in [2.24, 2.45) is 5.16 Å². The molecule has 4 heteroatoms. The van der Waals surface area contributed by atoms with E-state index < -0.39 is 0 Å². The second-order valence-corrected chi connectivity index (χ2v) is 2.85. The number of pyridine rings is 1. The molecule has 0 saturated carbocycles. The van der Waals surface area contributed by atoms with Gasteiger partial charge in [0.2, 0.25) is 0 Å². The second-order valence-electron chi connectivity index (χ2n) is 2.85. The van der Waals surface area contributed by atoms with Crippen LogP contribution in [0.5, 0.6) is 0 Å². The largest absolute Gasteiger partial charge is 0.399 e. The summed E-state index contributed by atoms with van der Waals surface area (Å²) in [5.74, 6) is -0.0583. The molecular weight excluding hydrogens is 180 g/mol. The standard InChI is InChI=1S/C10H12N2O2/c1-7(12-14-3)9-4-5-11-10(6-9)8(2)13/h4-6H,1-3H3/b12-7+. The van der Waals surface area contributed by atoms with Crippen molar-refractivity contribution in [1.82, 2.24) is 4.98 Å². The van der Waals surface area contributed by atoms with Crippen LogP contribution in [0.1, 0.15) is 29.9 Å². The minimum Gasteiger partial charge on any atom is -0.399 e. The van der Waals surface area contributed by atoms with Gasteiger partial charge >= 0.3 is 0 Å². The molecule has 0 saturated heterocycles. The molecule has 4 nitrogen and oxygen atoms in total. The zero-order valence-electron chi connectivity index (χ0n) is 8.44. The third-order valence-electron chi connectivity index (χ3n) is 1.77. The minimum absolute atomic E-state index is 0.0583. The van der Waals surface area contributed by atoms with E-state index >= 15 is 0 Å². The summed E-state index contributed by atoms with van der Waals surface area (Å²) in [6, 6.07) is 3.48. The van der Waals surface area contributed by atoms with Crippen molar-refractivity contribution < 1.29 is 9.63 Å². The normalized spacial score (nSPS) is 11.2. The van der Waals surface area contributed by atoms with Gasteiger partial charge in [0.25, 0.3) is 0 Å². The minimum atomic E-state index is -0.0583. The predicted octanol–water partition coefficient (Wildman–Crippen LogP) is 1.65. The second kappa shape index (κ2) is 4.50. The highest BCUT2D eigenvalue weighted by Gasteiger charge is 2.04. The molecule has 0 fully saturated rings. The van der Waals surface area contributed by atoms with Crippen LogP contribution in [0.25, 0.3) is 0 Å². The quantitative estimate of drug-likeness (QED) is 0.415. The fourth-order valence-corrected chi connectivity index (χ4v) is 1.04. The Morgan fingerprint density at radius 3 is 2.79 bits per heavy atom. The van der Waals surface area contributed by atoms with Crippen LogP contribution in [0.3, 0.4) is 0 Å². The van der Waals surface area contributed by atoms with Crippen molar-refractivity contribution in [3.63, 3.8) is 0 Å². The molecule has 0 amide bonds. The molecule has 0 atom stereocenters. The van der Waals surface area contributed by atoms with Gasteiger partial charge in [0.1, 0.15) is 12.8 Å². The maximum absolute atomic E-state index is 11.0. The van der Waals surface area contributed by atoms with Crippen molar-refractivity contribution >= 4 is 11.5 Å². The predicted molar refractivity (Wildman–Crippen MR) is 53.5 cm³/mol. The van der Waals surface area contributed by atoms with Gasteiger partial charge in [-0.1, -0.05) is 5.16 Å². The Balaban J connectivity index is 3.05. The maximum Gasteiger partial charge on any atom is 0.178 e. The molecule has 0 radical (unpaired) electrons. The summed E-state index contributed by atoms with van der Waals surface area (Å²) in [6.45, 7) is 3.29. The molecule has 1 aromatic rings. The van der Waals surface area contributed by atoms with E-state index in [9.17, 15) is 4.79 Å². The van der Waals surface area contributed by atoms with Crippen molar-refractivity contribution in [3.8, 4) is 0 Å². The zero-order chi connectivity index (χ0) is 10.6. The number of Topliss-reactive ketones (excluding diaryl/α,β-unsaturated/α-hetero) is 1. The number of rotatable bonds is 3. The number of oxime groups is 1. The fraction of sp³-hybridized carbons (Fsp3) is 0.300. The molecule has 14 heavy (non-hydrogen) atoms. The molecule has 1 rings (SSSR count). The highest BCUT2D eigenvalue weighted by atomic mass is 16.6. The zero-order valence-corrected chi connectivity index (χ0v) is 8.44. The van der Waals surface area contributed by atoms with Gasteiger partial charge in [0, 0.05) is 18.7 Å². The van der Waals surface area contributed by atoms with Crippen molar-refractivity contribution in [2.75, 3.05) is 7.11 Å². The number of hydrogen-bond acceptors (Lipinski definition) is 4. The smallest absolute Gasteiger partial charge is 0.178 e. The van der Waals surface area contributed by atoms with Crippen molar-refractivity contribution in [2.45, 2.75) is 13.8 Å². The molecule has 74 valence electrons. The van der Waals surface area contributed by atoms with Crippen LogP contribution in [-0.2, 0) is 4.84 Å². The monoisotopic (exact) mass is 192 g/mol. The van der Waals surface area contributed by atoms with E-state index in [-0.39, 0.29) is 5.78 Å². The number of hydrogen-bond donors (Lipinski definition) is 0. The molecule has 0 bridgehead atoms. The van der Waals surface area contributed by atoms with Crippen LogP contribution in [0.4, 0.5) is 0 Å². The van der Waals surface area contributed by atoms with Crippen molar-refractivity contribution in [1.29, 1.82) is 0 Å². The first-order valence-electron chi connectivity index (χ1n) is 4.20. The Morgan fingerprint density at radius 2 is 2.21 bits per heavy atom. The summed E-state index contributed by atoms with van der Waals surface area (Å²) in [7, 11) is 1.48. The molecule has 1 aromatic heterocycles. The van der Waals surface area contributed by atoms with E-state index in [1.165, 1.54) is 14.0 Å². The Morgan fingerprint density at radius 1 is 1.50 bits per heavy atom. The van der Waals surface area contributed by atoms with Crippen LogP contribution in [-0.4, -0.2) is 23.6 Å². The third-order valence-corrected chi connectivity index (χ3v) is 1.77. The first-order chi connectivity index (χ1) is 6.65. The first kappa shape index (κ1) is 10.4. The van der Waals surface area contributed by atoms with Gasteiger partial charge in [-0.25, -0.2) is 0 Å². The van der Waals surface area contributed by atoms with Gasteiger partial charge in [0.05, 0.1) is 5.71 Å². The van der Waals surface area contributed by atoms with Crippen LogP contribution in [0.15, 0.2) is 23.5 Å². The van der Waals surface area contributed by atoms with Crippen LogP contribution in [0.2, 0.25) is 0 Å². The summed E-state index contributed by atoms with van der Waals surface area (Å²) >= 11 is 0. The lowest BCUT2D eigenvalue weighted by atomic mass is 10.1. The maximum atomic E-state index is 11.0. The molecule has 0 unspecified atom stereocenters. The molecule has 0 aliphatic carbocycles. The molecule has 0 aliphatic heterocycles. The van der Waals surface area contributed by atoms with E-state index in [4.69, 9.17) is 0 Å². The van der Waals surface area contributed by atoms with Crippen LogP contribution >= 0.6 is 0 Å². The molecule has 1 heterocycles. The summed E-state index contributed by atoms with van der Waals surface area (Å²) in [4.78, 5) is 19.6. The lowest BCUT2D eigenvalue weighted by Crippen LogP contribution is -2.01. The number of carbonyl (C=O) groups excluding carboxylic acids is 1. The molecular formula is C10H12N2O2. The van der Waals surface area contributed by atoms with Gasteiger partial charge in [-0.15, -0.1) is 0 Å². The van der Waals surface area contributed by atoms with Gasteiger partial charge in [-0.3, -0.25) is 9.78 Å². The van der Waals surface area contributed by atoms with Crippen molar-refractivity contribution in [3.05, 3.63) is 29.6 Å². The van der Waals surface area contributed by atoms with Gasteiger partial charge in [-0.2, -0.15) is 0 Å². The molecule has 0 spiro atoms. The van der Waals surface area contributed by atoms with Gasteiger partial charge in [-0.05, 0) is 19.1 Å². The third kappa shape index (κ3) is 2.39. The lowest BCUT2D eigenvalue weighted by Gasteiger charge is -2.00. The van der Waals surface area contributed by atoms with Gasteiger partial charge < -0.3 is 4.84 Å². The average Bonchev–Trinajstić information content (AvgIpc) is 2.18.